The molecule has 0 bridgehead atoms. The van der Waals surface area contributed by atoms with Crippen LogP contribution >= 0.6 is 0 Å². The van der Waals surface area contributed by atoms with Gasteiger partial charge in [-0.25, -0.2) is 8.42 Å². The van der Waals surface area contributed by atoms with Crippen molar-refractivity contribution in [2.45, 2.75) is 13.0 Å². The number of rotatable bonds is 8. The molecule has 0 fully saturated rings. The van der Waals surface area contributed by atoms with E-state index in [2.05, 4.69) is 10.1 Å². The Morgan fingerprint density at radius 1 is 1.47 bits per heavy atom. The number of likely N-dealkylation sites (N-methyl/N-ethyl adjacent to an activating group) is 2. The molecule has 0 rings (SSSR count). The number of esters is 1. The van der Waals surface area contributed by atoms with Gasteiger partial charge in [0.25, 0.3) is 0 Å². The van der Waals surface area contributed by atoms with Crippen LogP contribution < -0.4 is 5.32 Å². The highest BCUT2D eigenvalue weighted by atomic mass is 32.2. The van der Waals surface area contributed by atoms with Crippen LogP contribution in [0, 0.1) is 0 Å². The smallest absolute Gasteiger partial charge is 0.324 e. The quantitative estimate of drug-likeness (QED) is 0.575. The molecule has 0 saturated carbocycles. The van der Waals surface area contributed by atoms with Gasteiger partial charge in [0.05, 0.1) is 12.9 Å². The number of carbonyl (C=O) groups is 1. The van der Waals surface area contributed by atoms with Crippen molar-refractivity contribution in [1.29, 1.82) is 0 Å². The number of methoxy groups -OCH3 is 1. The molecule has 0 aliphatic heterocycles. The number of hydrogen-bond acceptors (Lipinski definition) is 6. The zero-order chi connectivity index (χ0) is 13.5. The molecule has 7 heteroatoms. The zero-order valence-corrected chi connectivity index (χ0v) is 11.7. The van der Waals surface area contributed by atoms with Gasteiger partial charge in [-0.05, 0) is 13.6 Å². The topological polar surface area (TPSA) is 75.7 Å². The van der Waals surface area contributed by atoms with Crippen molar-refractivity contribution in [1.82, 2.24) is 10.2 Å². The first-order chi connectivity index (χ1) is 7.80. The molecule has 0 aromatic carbocycles. The van der Waals surface area contributed by atoms with E-state index >= 15 is 0 Å². The summed E-state index contributed by atoms with van der Waals surface area (Å²) in [7, 11) is 0.141. The molecule has 0 radical (unpaired) electrons. The minimum absolute atomic E-state index is 0.0868. The predicted octanol–water partition coefficient (Wildman–Crippen LogP) is -0.886. The van der Waals surface area contributed by atoms with Crippen molar-refractivity contribution >= 4 is 15.8 Å². The van der Waals surface area contributed by atoms with Crippen molar-refractivity contribution in [2.24, 2.45) is 0 Å². The molecule has 1 unspecified atom stereocenters. The number of sulfone groups is 1. The van der Waals surface area contributed by atoms with Crippen molar-refractivity contribution in [3.05, 3.63) is 0 Å². The first-order valence-corrected chi connectivity index (χ1v) is 7.53. The SMILES string of the molecule is CCNC(CN(C)CCS(C)(=O)=O)C(=O)OC. The molecule has 1 atom stereocenters. The molecule has 0 aliphatic carbocycles. The van der Waals surface area contributed by atoms with Crippen LogP contribution in [0.5, 0.6) is 0 Å². The lowest BCUT2D eigenvalue weighted by atomic mass is 10.2. The predicted molar refractivity (Wildman–Crippen MR) is 66.7 cm³/mol. The van der Waals surface area contributed by atoms with E-state index in [1.165, 1.54) is 13.4 Å². The van der Waals surface area contributed by atoms with E-state index in [-0.39, 0.29) is 11.7 Å². The summed E-state index contributed by atoms with van der Waals surface area (Å²) in [6.07, 6.45) is 1.20. The average molecular weight is 266 g/mol. The maximum absolute atomic E-state index is 11.4. The molecule has 0 saturated heterocycles. The molecule has 102 valence electrons. The van der Waals surface area contributed by atoms with Crippen LogP contribution in [0.15, 0.2) is 0 Å². The van der Waals surface area contributed by atoms with Gasteiger partial charge in [0, 0.05) is 19.3 Å². The number of carbonyl (C=O) groups excluding carboxylic acids is 1. The highest BCUT2D eigenvalue weighted by Gasteiger charge is 2.20. The van der Waals surface area contributed by atoms with Crippen LogP contribution in [0.1, 0.15) is 6.92 Å². The highest BCUT2D eigenvalue weighted by molar-refractivity contribution is 7.90. The van der Waals surface area contributed by atoms with Crippen molar-refractivity contribution in [3.8, 4) is 0 Å². The summed E-state index contributed by atoms with van der Waals surface area (Å²) in [4.78, 5) is 13.2. The first kappa shape index (κ1) is 16.3. The van der Waals surface area contributed by atoms with Crippen molar-refractivity contribution < 1.29 is 17.9 Å². The van der Waals surface area contributed by atoms with E-state index in [9.17, 15) is 13.2 Å². The number of nitrogens with zero attached hydrogens (tertiary/aromatic N) is 1. The maximum Gasteiger partial charge on any atom is 0.324 e. The van der Waals surface area contributed by atoms with Crippen molar-refractivity contribution in [2.75, 3.05) is 45.8 Å². The Morgan fingerprint density at radius 2 is 2.06 bits per heavy atom. The third kappa shape index (κ3) is 8.12. The minimum atomic E-state index is -2.97. The Kier molecular flexibility index (Phi) is 7.33. The molecule has 0 aromatic heterocycles. The van der Waals surface area contributed by atoms with E-state index in [4.69, 9.17) is 0 Å². The molecule has 6 nitrogen and oxygen atoms in total. The first-order valence-electron chi connectivity index (χ1n) is 5.47. The lowest BCUT2D eigenvalue weighted by Crippen LogP contribution is -2.46. The summed E-state index contributed by atoms with van der Waals surface area (Å²) in [6.45, 7) is 3.37. The van der Waals surface area contributed by atoms with Gasteiger partial charge in [-0.2, -0.15) is 0 Å². The Hall–Kier alpha value is -0.660. The van der Waals surface area contributed by atoms with Gasteiger partial charge >= 0.3 is 5.97 Å². The normalized spacial score (nSPS) is 13.7. The van der Waals surface area contributed by atoms with Crippen LogP contribution in [-0.2, 0) is 19.4 Å². The molecular formula is C10H22N2O4S. The highest BCUT2D eigenvalue weighted by Crippen LogP contribution is 1.94. The van der Waals surface area contributed by atoms with E-state index in [1.807, 2.05) is 6.92 Å². The second-order valence-electron chi connectivity index (χ2n) is 4.03. The molecular weight excluding hydrogens is 244 g/mol. The summed E-state index contributed by atoms with van der Waals surface area (Å²) >= 11 is 0. The summed E-state index contributed by atoms with van der Waals surface area (Å²) in [6, 6.07) is -0.422. The fraction of sp³-hybridized carbons (Fsp3) is 0.900. The summed E-state index contributed by atoms with van der Waals surface area (Å²) in [5.74, 6) is -0.248. The lowest BCUT2D eigenvalue weighted by Gasteiger charge is -2.22. The zero-order valence-electron chi connectivity index (χ0n) is 10.9. The monoisotopic (exact) mass is 266 g/mol. The Morgan fingerprint density at radius 3 is 2.47 bits per heavy atom. The van der Waals surface area contributed by atoms with Crippen LogP contribution in [0.25, 0.3) is 0 Å². The minimum Gasteiger partial charge on any atom is -0.468 e. The molecule has 0 aromatic rings. The number of hydrogen-bond donors (Lipinski definition) is 1. The summed E-state index contributed by atoms with van der Waals surface area (Å²) in [5.41, 5.74) is 0. The molecule has 17 heavy (non-hydrogen) atoms. The maximum atomic E-state index is 11.4. The van der Waals surface area contributed by atoms with Gasteiger partial charge in [-0.15, -0.1) is 0 Å². The second kappa shape index (κ2) is 7.62. The Balaban J connectivity index is 4.21. The second-order valence-corrected chi connectivity index (χ2v) is 6.29. The van der Waals surface area contributed by atoms with Gasteiger partial charge in [0.1, 0.15) is 15.9 Å². The number of nitrogens with one attached hydrogen (secondary N) is 1. The van der Waals surface area contributed by atoms with E-state index in [0.717, 1.165) is 0 Å². The lowest BCUT2D eigenvalue weighted by molar-refractivity contribution is -0.143. The van der Waals surface area contributed by atoms with E-state index < -0.39 is 15.9 Å². The molecule has 1 N–H and O–H groups in total. The largest absolute Gasteiger partial charge is 0.468 e. The fourth-order valence-corrected chi connectivity index (χ4v) is 1.98. The van der Waals surface area contributed by atoms with Gasteiger partial charge in [0.15, 0.2) is 0 Å². The van der Waals surface area contributed by atoms with Crippen LogP contribution in [0.3, 0.4) is 0 Å². The van der Waals surface area contributed by atoms with Crippen molar-refractivity contribution in [3.63, 3.8) is 0 Å². The van der Waals surface area contributed by atoms with Gasteiger partial charge in [-0.1, -0.05) is 6.92 Å². The van der Waals surface area contributed by atoms with Crippen LogP contribution in [-0.4, -0.2) is 71.1 Å². The van der Waals surface area contributed by atoms with E-state index in [1.54, 1.807) is 11.9 Å². The summed E-state index contributed by atoms with van der Waals surface area (Å²) in [5, 5.41) is 3.00. The van der Waals surface area contributed by atoms with Crippen LogP contribution in [0.2, 0.25) is 0 Å². The number of ether oxygens (including phenoxy) is 1. The third-order valence-corrected chi connectivity index (χ3v) is 3.20. The standard InChI is InChI=1S/C10H22N2O4S/c1-5-11-9(10(13)16-3)8-12(2)6-7-17(4,14)15/h9,11H,5-8H2,1-4H3. The molecule has 0 spiro atoms. The Labute approximate surface area is 103 Å². The van der Waals surface area contributed by atoms with E-state index in [0.29, 0.717) is 19.6 Å². The van der Waals surface area contributed by atoms with Crippen LogP contribution in [0.4, 0.5) is 0 Å². The van der Waals surface area contributed by atoms with Gasteiger partial charge < -0.3 is 15.0 Å². The average Bonchev–Trinajstić information content (AvgIpc) is 2.24. The summed E-state index contributed by atoms with van der Waals surface area (Å²) < 4.78 is 26.7. The third-order valence-electron chi connectivity index (χ3n) is 2.27. The molecule has 0 aliphatic rings. The van der Waals surface area contributed by atoms with Gasteiger partial charge in [-0.3, -0.25) is 4.79 Å². The molecule has 0 heterocycles. The van der Waals surface area contributed by atoms with Gasteiger partial charge in [0.2, 0.25) is 0 Å². The Bertz CT molecular complexity index is 329. The molecule has 0 amide bonds. The fourth-order valence-electron chi connectivity index (χ4n) is 1.34.